The molecule has 0 saturated heterocycles. The van der Waals surface area contributed by atoms with Crippen LogP contribution in [-0.2, 0) is 0 Å². The van der Waals surface area contributed by atoms with Crippen LogP contribution < -0.4 is 31.4 Å². The van der Waals surface area contributed by atoms with Crippen LogP contribution >= 0.6 is 0 Å². The molecule has 6 aromatic rings. The first kappa shape index (κ1) is 51.4. The summed E-state index contributed by atoms with van der Waals surface area (Å²) in [5.41, 5.74) is -14.3. The fourth-order valence-corrected chi connectivity index (χ4v) is 7.29. The van der Waals surface area contributed by atoms with Gasteiger partial charge in [0.05, 0.1) is 5.39 Å². The van der Waals surface area contributed by atoms with E-state index in [-0.39, 0.29) is 11.5 Å². The van der Waals surface area contributed by atoms with Crippen LogP contribution in [0.2, 0.25) is 0 Å². The third-order valence-electron chi connectivity index (χ3n) is 10.3. The van der Waals surface area contributed by atoms with Gasteiger partial charge in [0, 0.05) is 22.1 Å². The number of nitrogens with zero attached hydrogens (tertiary/aromatic N) is 2. The number of rotatable bonds is 14. The van der Waals surface area contributed by atoms with Crippen molar-refractivity contribution in [1.29, 1.82) is 0 Å². The second-order valence-electron chi connectivity index (χ2n) is 14.2. The average Bonchev–Trinajstić information content (AvgIpc) is 3.30. The zero-order valence-electron chi connectivity index (χ0n) is 33.0. The van der Waals surface area contributed by atoms with Crippen molar-refractivity contribution in [3.8, 4) is 0 Å². The van der Waals surface area contributed by atoms with Gasteiger partial charge in [-0.25, -0.2) is 87.8 Å². The molecule has 0 fully saturated rings. The number of hydrogen-bond donors (Lipinski definition) is 0. The molecule has 0 aliphatic heterocycles. The molecule has 0 saturated carbocycles. The predicted octanol–water partition coefficient (Wildman–Crippen LogP) is 9.02. The molecule has 6 rings (SSSR count). The Morgan fingerprint density at radius 3 is 1.01 bits per heavy atom. The Morgan fingerprint density at radius 2 is 0.687 bits per heavy atom. The van der Waals surface area contributed by atoms with Gasteiger partial charge in [0.15, 0.2) is 76.4 Å². The smallest absolute Gasteiger partial charge is 0.230 e. The van der Waals surface area contributed by atoms with E-state index in [0.717, 1.165) is 37.5 Å². The number of aromatic nitrogens is 1. The number of halogens is 20. The molecule has 5 nitrogen and oxygen atoms in total. The summed E-state index contributed by atoms with van der Waals surface area (Å²) in [5, 5.41) is 12.5. The minimum absolute atomic E-state index is 0.0989. The highest BCUT2D eigenvalue weighted by molar-refractivity contribution is 7.20. The summed E-state index contributed by atoms with van der Waals surface area (Å²) in [7, 11) is 0. The third kappa shape index (κ3) is 9.25. The molecule has 0 aliphatic rings. The summed E-state index contributed by atoms with van der Waals surface area (Å²) in [6, 6.07) is 10.2. The van der Waals surface area contributed by atoms with Crippen LogP contribution in [0.3, 0.4) is 0 Å². The molecule has 26 heteroatoms. The van der Waals surface area contributed by atoms with E-state index in [1.165, 1.54) is 5.39 Å². The topological polar surface area (TPSA) is 56.3 Å². The highest BCUT2D eigenvalue weighted by Crippen LogP contribution is 2.31. The highest BCUT2D eigenvalue weighted by atomic mass is 19.2. The van der Waals surface area contributed by atoms with Crippen molar-refractivity contribution in [3.63, 3.8) is 0 Å². The van der Waals surface area contributed by atoms with Crippen molar-refractivity contribution in [2.75, 3.05) is 13.2 Å². The van der Waals surface area contributed by atoms with Crippen LogP contribution in [0.15, 0.2) is 42.7 Å². The molecule has 0 atom stereocenters. The van der Waals surface area contributed by atoms with E-state index in [0.29, 0.717) is 13.0 Å². The van der Waals surface area contributed by atoms with Crippen LogP contribution in [0.4, 0.5) is 87.8 Å². The van der Waals surface area contributed by atoms with E-state index < -0.39 is 144 Å². The van der Waals surface area contributed by atoms with E-state index in [4.69, 9.17) is 4.84 Å². The quantitative estimate of drug-likeness (QED) is 0.0160. The number of pyridine rings is 1. The standard InChI is InChI=1S/C24BF20.C17H23N2O3/c26-5-1(6(27)14(35)21(42)13(5)34)25(2-7(28)15(36)22(43)16(37)8(2)29,3-9(30)17(38)23(44)18(39)10(3)31)4-11(32)19(40)24(45)20(41)12(4)33;20-19(21)12-7-3-1-2-4-8-14-22-18-13-11-16-9-5-6-10-17(16)15-18/h;5-6,9-11,13,15H,1-4,7-8,12,14H2/q-1;+1. The second kappa shape index (κ2) is 20.5. The molecule has 0 spiro atoms. The van der Waals surface area contributed by atoms with E-state index in [2.05, 4.69) is 12.1 Å². The minimum atomic E-state index is -7.22. The second-order valence-corrected chi connectivity index (χ2v) is 14.2. The highest BCUT2D eigenvalue weighted by Gasteiger charge is 2.52. The summed E-state index contributed by atoms with van der Waals surface area (Å²) < 4.78 is 296. The van der Waals surface area contributed by atoms with Crippen molar-refractivity contribution in [3.05, 3.63) is 169 Å². The van der Waals surface area contributed by atoms with Gasteiger partial charge in [0.1, 0.15) is 52.7 Å². The van der Waals surface area contributed by atoms with Gasteiger partial charge in [0.25, 0.3) is 0 Å². The SMILES string of the molecule is Fc1c(F)c(F)c([B-](c2c(F)c(F)c(F)c(F)c2F)(c2c(F)c(F)c(F)c(F)c2F)c2c(F)c(F)c(F)c(F)c2F)c(F)c1F.O=[N+]([O-])CCCCCCCCO[n+]1ccc2ccccc2c1. The first-order chi connectivity index (χ1) is 31.5. The van der Waals surface area contributed by atoms with Gasteiger partial charge >= 0.3 is 0 Å². The average molecular weight is 982 g/mol. The van der Waals surface area contributed by atoms with Crippen LogP contribution in [-0.4, -0.2) is 24.2 Å². The molecule has 5 aromatic carbocycles. The maximum atomic E-state index is 15.4. The largest absolute Gasteiger partial charge is 0.271 e. The number of hydrogen-bond acceptors (Lipinski definition) is 3. The van der Waals surface area contributed by atoms with Crippen LogP contribution in [0.5, 0.6) is 0 Å². The molecule has 0 aliphatic carbocycles. The lowest BCUT2D eigenvalue weighted by Gasteiger charge is -2.44. The molecule has 0 amide bonds. The molecule has 67 heavy (non-hydrogen) atoms. The normalized spacial score (nSPS) is 11.6. The summed E-state index contributed by atoms with van der Waals surface area (Å²) in [5.74, 6) is -71.4. The fraction of sp³-hybridized carbons (Fsp3) is 0.195. The van der Waals surface area contributed by atoms with Crippen molar-refractivity contribution >= 4 is 38.8 Å². The van der Waals surface area contributed by atoms with Gasteiger partial charge in [-0.2, -0.15) is 0 Å². The molecule has 0 unspecified atom stereocenters. The Balaban J connectivity index is 0.000000319. The molecule has 0 N–H and O–H groups in total. The Kier molecular flexibility index (Phi) is 15.7. The molecule has 1 heterocycles. The summed E-state index contributed by atoms with van der Waals surface area (Å²) in [6.45, 7) is 0.791. The van der Waals surface area contributed by atoms with E-state index in [9.17, 15) is 62.8 Å². The van der Waals surface area contributed by atoms with Crippen molar-refractivity contribution in [2.24, 2.45) is 0 Å². The number of benzene rings is 5. The maximum absolute atomic E-state index is 15.4. The van der Waals surface area contributed by atoms with Crippen LogP contribution in [0, 0.1) is 126 Å². The summed E-state index contributed by atoms with van der Waals surface area (Å²) >= 11 is 0. The van der Waals surface area contributed by atoms with Crippen molar-refractivity contribution in [2.45, 2.75) is 38.5 Å². The first-order valence-corrected chi connectivity index (χ1v) is 18.8. The molecular formula is C41H23BF20N2O3. The molecule has 0 radical (unpaired) electrons. The number of fused-ring (bicyclic) bond motifs is 1. The van der Waals surface area contributed by atoms with E-state index >= 15 is 35.1 Å². The zero-order valence-corrected chi connectivity index (χ0v) is 33.0. The Morgan fingerprint density at radius 1 is 0.403 bits per heavy atom. The van der Waals surface area contributed by atoms with Gasteiger partial charge in [-0.05, 0) is 30.7 Å². The van der Waals surface area contributed by atoms with Gasteiger partial charge in [-0.1, -0.05) is 31.0 Å². The fourth-order valence-electron chi connectivity index (χ4n) is 7.29. The Labute approximate surface area is 361 Å². The third-order valence-corrected chi connectivity index (χ3v) is 10.3. The van der Waals surface area contributed by atoms with Crippen molar-refractivity contribution < 1.29 is 102 Å². The van der Waals surface area contributed by atoms with Gasteiger partial charge in [-0.3, -0.25) is 15.0 Å². The Hall–Kier alpha value is -6.63. The molecular weight excluding hydrogens is 959 g/mol. The first-order valence-electron chi connectivity index (χ1n) is 18.8. The van der Waals surface area contributed by atoms with Crippen LogP contribution in [0.25, 0.3) is 10.8 Å². The molecule has 1 aromatic heterocycles. The predicted molar refractivity (Wildman–Crippen MR) is 194 cm³/mol. The van der Waals surface area contributed by atoms with Crippen LogP contribution in [0.1, 0.15) is 38.5 Å². The van der Waals surface area contributed by atoms with Gasteiger partial charge < -0.3 is 0 Å². The van der Waals surface area contributed by atoms with E-state index in [1.54, 1.807) is 4.73 Å². The minimum Gasteiger partial charge on any atom is -0.271 e. The lowest BCUT2D eigenvalue weighted by molar-refractivity contribution is -0.890. The van der Waals surface area contributed by atoms with Crippen molar-refractivity contribution in [1.82, 2.24) is 0 Å². The molecule has 358 valence electrons. The monoisotopic (exact) mass is 982 g/mol. The zero-order chi connectivity index (χ0) is 50.0. The van der Waals surface area contributed by atoms with Gasteiger partial charge in [0.2, 0.25) is 18.9 Å². The molecule has 0 bridgehead atoms. The lowest BCUT2D eigenvalue weighted by Crippen LogP contribution is -2.81. The summed E-state index contributed by atoms with van der Waals surface area (Å²) in [4.78, 5) is 15.6. The van der Waals surface area contributed by atoms with E-state index in [1.807, 2.05) is 30.6 Å². The number of nitro groups is 1. The lowest BCUT2D eigenvalue weighted by atomic mass is 9.12. The summed E-state index contributed by atoms with van der Waals surface area (Å²) in [6.07, 6.45) is 2.64. The van der Waals surface area contributed by atoms with Gasteiger partial charge in [-0.15, -0.1) is 21.9 Å². The number of unbranched alkanes of at least 4 members (excludes halogenated alkanes) is 5. The Bertz CT molecular complexity index is 2520. The maximum Gasteiger partial charge on any atom is 0.230 e.